The van der Waals surface area contributed by atoms with Crippen LogP contribution >= 0.6 is 11.3 Å². The molecular formula is C16H23N3O3S. The van der Waals surface area contributed by atoms with Crippen molar-refractivity contribution in [3.8, 4) is 0 Å². The van der Waals surface area contributed by atoms with Crippen molar-refractivity contribution in [2.75, 3.05) is 5.32 Å². The van der Waals surface area contributed by atoms with Crippen LogP contribution in [0, 0.1) is 11.8 Å². The quantitative estimate of drug-likeness (QED) is 0.878. The number of anilines is 1. The Labute approximate surface area is 139 Å². The lowest BCUT2D eigenvalue weighted by Crippen LogP contribution is -2.36. The number of rotatable bonds is 4. The number of nitrogens with zero attached hydrogens (tertiary/aromatic N) is 2. The van der Waals surface area contributed by atoms with Crippen LogP contribution in [0.15, 0.2) is 0 Å². The molecule has 3 rings (SSSR count). The van der Waals surface area contributed by atoms with Crippen molar-refractivity contribution < 1.29 is 14.7 Å². The predicted octanol–water partition coefficient (Wildman–Crippen LogP) is 3.42. The molecule has 126 valence electrons. The second-order valence-corrected chi connectivity index (χ2v) is 7.61. The van der Waals surface area contributed by atoms with Gasteiger partial charge in [0, 0.05) is 5.92 Å². The molecule has 23 heavy (non-hydrogen) atoms. The molecular weight excluding hydrogens is 314 g/mol. The minimum Gasteiger partial charge on any atom is -0.481 e. The van der Waals surface area contributed by atoms with Crippen molar-refractivity contribution in [3.05, 3.63) is 5.01 Å². The highest BCUT2D eigenvalue weighted by Gasteiger charge is 2.36. The van der Waals surface area contributed by atoms with Crippen molar-refractivity contribution in [2.24, 2.45) is 11.8 Å². The fourth-order valence-electron chi connectivity index (χ4n) is 3.74. The zero-order valence-corrected chi connectivity index (χ0v) is 14.0. The topological polar surface area (TPSA) is 92.2 Å². The Kier molecular flexibility index (Phi) is 5.25. The second kappa shape index (κ2) is 7.38. The number of carbonyl (C=O) groups excluding carboxylic acids is 1. The number of nitrogens with one attached hydrogen (secondary N) is 1. The van der Waals surface area contributed by atoms with Crippen LogP contribution in [0.2, 0.25) is 0 Å². The van der Waals surface area contributed by atoms with Gasteiger partial charge < -0.3 is 10.4 Å². The minimum atomic E-state index is -0.870. The Morgan fingerprint density at radius 3 is 2.30 bits per heavy atom. The average Bonchev–Trinajstić information content (AvgIpc) is 3.04. The Morgan fingerprint density at radius 1 is 0.957 bits per heavy atom. The lowest BCUT2D eigenvalue weighted by atomic mass is 9.79. The number of hydrogen-bond acceptors (Lipinski definition) is 5. The maximum atomic E-state index is 12.4. The van der Waals surface area contributed by atoms with Crippen molar-refractivity contribution in [2.45, 2.75) is 63.7 Å². The van der Waals surface area contributed by atoms with Crippen LogP contribution in [0.1, 0.15) is 68.7 Å². The molecule has 0 aliphatic heterocycles. The van der Waals surface area contributed by atoms with Crippen LogP contribution in [0.5, 0.6) is 0 Å². The molecule has 1 aromatic rings. The molecule has 0 saturated heterocycles. The summed E-state index contributed by atoms with van der Waals surface area (Å²) in [6, 6.07) is 0. The van der Waals surface area contributed by atoms with Gasteiger partial charge >= 0.3 is 5.97 Å². The van der Waals surface area contributed by atoms with Crippen molar-refractivity contribution >= 4 is 28.3 Å². The Bertz CT molecular complexity index is 569. The third-order valence-electron chi connectivity index (χ3n) is 5.05. The first kappa shape index (κ1) is 16.4. The summed E-state index contributed by atoms with van der Waals surface area (Å²) in [7, 11) is 0. The van der Waals surface area contributed by atoms with Crippen LogP contribution in [-0.4, -0.2) is 27.2 Å². The first-order valence-electron chi connectivity index (χ1n) is 8.52. The van der Waals surface area contributed by atoms with Crippen LogP contribution in [-0.2, 0) is 9.59 Å². The number of amides is 1. The number of carboxylic acid groups (broad SMARTS) is 1. The number of carbonyl (C=O) groups is 2. The number of carboxylic acids is 1. The van der Waals surface area contributed by atoms with E-state index in [-0.39, 0.29) is 5.91 Å². The molecule has 2 aliphatic rings. The molecule has 0 radical (unpaired) electrons. The smallest absolute Gasteiger partial charge is 0.307 e. The first-order valence-corrected chi connectivity index (χ1v) is 9.34. The van der Waals surface area contributed by atoms with E-state index in [0.717, 1.165) is 30.7 Å². The molecule has 1 amide bonds. The molecule has 7 heteroatoms. The summed E-state index contributed by atoms with van der Waals surface area (Å²) in [6.45, 7) is 0. The normalized spacial score (nSPS) is 25.9. The number of aromatic nitrogens is 2. The van der Waals surface area contributed by atoms with E-state index >= 15 is 0 Å². The SMILES string of the molecule is O=C(Nc1nnc(C2CCCCC2)s1)[C@H]1CCCC[C@H]1C(=O)O. The molecule has 2 fully saturated rings. The van der Waals surface area contributed by atoms with Gasteiger partial charge in [-0.15, -0.1) is 10.2 Å². The van der Waals surface area contributed by atoms with Gasteiger partial charge in [-0.3, -0.25) is 9.59 Å². The van der Waals surface area contributed by atoms with E-state index < -0.39 is 17.8 Å². The van der Waals surface area contributed by atoms with Crippen LogP contribution < -0.4 is 5.32 Å². The Morgan fingerprint density at radius 2 is 1.61 bits per heavy atom. The lowest BCUT2D eigenvalue weighted by molar-refractivity contribution is -0.147. The summed E-state index contributed by atoms with van der Waals surface area (Å²) in [5.41, 5.74) is 0. The monoisotopic (exact) mass is 337 g/mol. The van der Waals surface area contributed by atoms with Crippen LogP contribution in [0.4, 0.5) is 5.13 Å². The number of aliphatic carboxylic acids is 1. The Hall–Kier alpha value is -1.50. The zero-order chi connectivity index (χ0) is 16.2. The van der Waals surface area contributed by atoms with Gasteiger partial charge in [-0.05, 0) is 25.7 Å². The molecule has 2 saturated carbocycles. The molecule has 0 aromatic carbocycles. The van der Waals surface area contributed by atoms with E-state index in [2.05, 4.69) is 15.5 Å². The molecule has 6 nitrogen and oxygen atoms in total. The Balaban J connectivity index is 1.63. The van der Waals surface area contributed by atoms with Gasteiger partial charge in [-0.1, -0.05) is 43.4 Å². The van der Waals surface area contributed by atoms with E-state index in [1.54, 1.807) is 0 Å². The third kappa shape index (κ3) is 3.88. The predicted molar refractivity (Wildman–Crippen MR) is 87.4 cm³/mol. The van der Waals surface area contributed by atoms with Crippen LogP contribution in [0.25, 0.3) is 0 Å². The van der Waals surface area contributed by atoms with Gasteiger partial charge in [0.1, 0.15) is 5.01 Å². The van der Waals surface area contributed by atoms with Gasteiger partial charge in [0.05, 0.1) is 11.8 Å². The number of hydrogen-bond donors (Lipinski definition) is 2. The minimum absolute atomic E-state index is 0.219. The third-order valence-corrected chi connectivity index (χ3v) is 6.05. The molecule has 2 aliphatic carbocycles. The summed E-state index contributed by atoms with van der Waals surface area (Å²) in [4.78, 5) is 23.8. The maximum absolute atomic E-state index is 12.4. The molecule has 1 heterocycles. The highest BCUT2D eigenvalue weighted by molar-refractivity contribution is 7.15. The highest BCUT2D eigenvalue weighted by Crippen LogP contribution is 2.36. The lowest BCUT2D eigenvalue weighted by Gasteiger charge is -2.26. The molecule has 2 atom stereocenters. The molecule has 0 unspecified atom stereocenters. The first-order chi connectivity index (χ1) is 11.1. The van der Waals surface area contributed by atoms with E-state index in [0.29, 0.717) is 23.9 Å². The van der Waals surface area contributed by atoms with E-state index in [9.17, 15) is 14.7 Å². The van der Waals surface area contributed by atoms with Gasteiger partial charge in [0.25, 0.3) is 0 Å². The van der Waals surface area contributed by atoms with E-state index in [1.165, 1.54) is 30.6 Å². The summed E-state index contributed by atoms with van der Waals surface area (Å²) in [5.74, 6) is -1.65. The van der Waals surface area contributed by atoms with Crippen LogP contribution in [0.3, 0.4) is 0 Å². The largest absolute Gasteiger partial charge is 0.481 e. The van der Waals surface area contributed by atoms with Crippen molar-refractivity contribution in [1.29, 1.82) is 0 Å². The van der Waals surface area contributed by atoms with Gasteiger partial charge in [0.2, 0.25) is 11.0 Å². The average molecular weight is 337 g/mol. The fourth-order valence-corrected chi connectivity index (χ4v) is 4.65. The van der Waals surface area contributed by atoms with Gasteiger partial charge in [-0.25, -0.2) is 0 Å². The summed E-state index contributed by atoms with van der Waals surface area (Å²) in [5, 5.41) is 21.9. The molecule has 0 bridgehead atoms. The standard InChI is InChI=1S/C16H23N3O3S/c20-13(11-8-4-5-9-12(11)15(21)22)17-16-19-18-14(23-16)10-6-2-1-3-7-10/h10-12H,1-9H2,(H,21,22)(H,17,19,20)/t11-,12+/m0/s1. The highest BCUT2D eigenvalue weighted by atomic mass is 32.1. The van der Waals surface area contributed by atoms with E-state index in [4.69, 9.17) is 0 Å². The van der Waals surface area contributed by atoms with Gasteiger partial charge in [-0.2, -0.15) is 0 Å². The zero-order valence-electron chi connectivity index (χ0n) is 13.2. The molecule has 0 spiro atoms. The van der Waals surface area contributed by atoms with Crippen molar-refractivity contribution in [1.82, 2.24) is 10.2 Å². The summed E-state index contributed by atoms with van der Waals surface area (Å²) < 4.78 is 0. The van der Waals surface area contributed by atoms with Crippen molar-refractivity contribution in [3.63, 3.8) is 0 Å². The maximum Gasteiger partial charge on any atom is 0.307 e. The second-order valence-electron chi connectivity index (χ2n) is 6.61. The fraction of sp³-hybridized carbons (Fsp3) is 0.750. The van der Waals surface area contributed by atoms with Gasteiger partial charge in [0.15, 0.2) is 0 Å². The molecule has 1 aromatic heterocycles. The van der Waals surface area contributed by atoms with E-state index in [1.807, 2.05) is 0 Å². The molecule has 2 N–H and O–H groups in total. The summed E-state index contributed by atoms with van der Waals surface area (Å²) in [6.07, 6.45) is 9.04. The summed E-state index contributed by atoms with van der Waals surface area (Å²) >= 11 is 1.44.